The largest absolute Gasteiger partial charge is 0.469 e. The second-order valence-corrected chi connectivity index (χ2v) is 6.84. The molecule has 1 aliphatic rings. The second-order valence-electron chi connectivity index (χ2n) is 4.52. The first kappa shape index (κ1) is 15.2. The monoisotopic (exact) mass is 318 g/mol. The molecule has 0 aliphatic carbocycles. The van der Waals surface area contributed by atoms with Crippen LogP contribution in [-0.4, -0.2) is 43.9 Å². The molecule has 1 saturated heterocycles. The zero-order valence-corrected chi connectivity index (χ0v) is 12.5. The number of carbonyl (C=O) groups excluding carboxylic acids is 1. The minimum absolute atomic E-state index is 0.119. The molecule has 0 saturated carbocycles. The number of methoxy groups -OCH3 is 1. The van der Waals surface area contributed by atoms with Crippen molar-refractivity contribution in [2.24, 2.45) is 5.92 Å². The van der Waals surface area contributed by atoms with E-state index in [1.54, 1.807) is 0 Å². The highest BCUT2D eigenvalue weighted by Gasteiger charge is 2.32. The third-order valence-corrected chi connectivity index (χ3v) is 5.43. The molecule has 1 fully saturated rings. The van der Waals surface area contributed by atoms with Gasteiger partial charge in [0.05, 0.1) is 17.9 Å². The van der Waals surface area contributed by atoms with E-state index in [9.17, 15) is 13.2 Å². The molecule has 0 atom stereocenters. The van der Waals surface area contributed by atoms with E-state index >= 15 is 0 Å². The molecule has 0 amide bonds. The van der Waals surface area contributed by atoms with E-state index in [2.05, 4.69) is 9.72 Å². The van der Waals surface area contributed by atoms with Crippen molar-refractivity contribution in [3.63, 3.8) is 0 Å². The van der Waals surface area contributed by atoms with Gasteiger partial charge in [-0.1, -0.05) is 11.6 Å². The smallest absolute Gasteiger partial charge is 0.308 e. The summed E-state index contributed by atoms with van der Waals surface area (Å²) in [6, 6.07) is 2.73. The van der Waals surface area contributed by atoms with Crippen molar-refractivity contribution in [3.05, 3.63) is 23.5 Å². The zero-order valence-electron chi connectivity index (χ0n) is 11.0. The van der Waals surface area contributed by atoms with Crippen LogP contribution < -0.4 is 0 Å². The average molecular weight is 319 g/mol. The minimum atomic E-state index is -3.58. The summed E-state index contributed by atoms with van der Waals surface area (Å²) in [4.78, 5) is 15.3. The van der Waals surface area contributed by atoms with Gasteiger partial charge in [-0.25, -0.2) is 13.4 Å². The van der Waals surface area contributed by atoms with E-state index in [0.29, 0.717) is 25.9 Å². The Morgan fingerprint density at radius 3 is 2.65 bits per heavy atom. The molecule has 0 aromatic carbocycles. The minimum Gasteiger partial charge on any atom is -0.469 e. The lowest BCUT2D eigenvalue weighted by Gasteiger charge is -2.29. The Hall–Kier alpha value is -1.18. The van der Waals surface area contributed by atoms with Gasteiger partial charge in [-0.15, -0.1) is 0 Å². The first-order chi connectivity index (χ1) is 9.45. The maximum absolute atomic E-state index is 12.4. The highest BCUT2D eigenvalue weighted by Crippen LogP contribution is 2.25. The molecule has 1 aromatic rings. The molecule has 6 nitrogen and oxygen atoms in total. The number of hydrogen-bond acceptors (Lipinski definition) is 5. The lowest BCUT2D eigenvalue weighted by Crippen LogP contribution is -2.40. The SMILES string of the molecule is COC(=O)C1CCN(S(=O)(=O)c2ccnc(Cl)c2)CC1. The van der Waals surface area contributed by atoms with Gasteiger partial charge in [0.2, 0.25) is 10.0 Å². The topological polar surface area (TPSA) is 76.6 Å². The molecule has 0 unspecified atom stereocenters. The molecule has 0 spiro atoms. The maximum Gasteiger partial charge on any atom is 0.308 e. The summed E-state index contributed by atoms with van der Waals surface area (Å²) < 4.78 is 30.9. The Kier molecular flexibility index (Phi) is 4.62. The summed E-state index contributed by atoms with van der Waals surface area (Å²) in [5.74, 6) is -0.513. The molecule has 0 N–H and O–H groups in total. The van der Waals surface area contributed by atoms with Crippen LogP contribution in [0.5, 0.6) is 0 Å². The normalized spacial score (nSPS) is 17.9. The van der Waals surface area contributed by atoms with Crippen LogP contribution in [0.15, 0.2) is 23.2 Å². The van der Waals surface area contributed by atoms with Crippen LogP contribution in [0.2, 0.25) is 5.15 Å². The van der Waals surface area contributed by atoms with Gasteiger partial charge in [0.25, 0.3) is 0 Å². The first-order valence-electron chi connectivity index (χ1n) is 6.14. The summed E-state index contributed by atoms with van der Waals surface area (Å²) in [6.45, 7) is 0.587. The third kappa shape index (κ3) is 3.11. The number of sulfonamides is 1. The molecule has 110 valence electrons. The number of aromatic nitrogens is 1. The van der Waals surface area contributed by atoms with Gasteiger partial charge in [-0.3, -0.25) is 4.79 Å². The van der Waals surface area contributed by atoms with Crippen molar-refractivity contribution >= 4 is 27.6 Å². The van der Waals surface area contributed by atoms with E-state index in [0.717, 1.165) is 0 Å². The van der Waals surface area contributed by atoms with E-state index in [4.69, 9.17) is 11.6 Å². The number of carbonyl (C=O) groups is 1. The van der Waals surface area contributed by atoms with Crippen molar-refractivity contribution in [2.45, 2.75) is 17.7 Å². The predicted octanol–water partition coefficient (Wildman–Crippen LogP) is 1.31. The van der Waals surface area contributed by atoms with Gasteiger partial charge < -0.3 is 4.74 Å². The molecule has 1 aromatic heterocycles. The zero-order chi connectivity index (χ0) is 14.8. The van der Waals surface area contributed by atoms with Gasteiger partial charge in [0.1, 0.15) is 5.15 Å². The van der Waals surface area contributed by atoms with E-state index in [1.807, 2.05) is 0 Å². The molecular formula is C12H15ClN2O4S. The van der Waals surface area contributed by atoms with Gasteiger partial charge in [-0.05, 0) is 25.0 Å². The number of hydrogen-bond donors (Lipinski definition) is 0. The highest BCUT2D eigenvalue weighted by molar-refractivity contribution is 7.89. The van der Waals surface area contributed by atoms with E-state index < -0.39 is 10.0 Å². The number of rotatable bonds is 3. The summed E-state index contributed by atoms with van der Waals surface area (Å²) >= 11 is 5.72. The summed E-state index contributed by atoms with van der Waals surface area (Å²) in [6.07, 6.45) is 2.28. The van der Waals surface area contributed by atoms with Crippen LogP contribution in [0, 0.1) is 5.92 Å². The van der Waals surface area contributed by atoms with Gasteiger partial charge in [0, 0.05) is 19.3 Å². The maximum atomic E-state index is 12.4. The van der Waals surface area contributed by atoms with E-state index in [-0.39, 0.29) is 21.9 Å². The lowest BCUT2D eigenvalue weighted by atomic mass is 9.99. The van der Waals surface area contributed by atoms with Crippen LogP contribution in [-0.2, 0) is 19.6 Å². The second kappa shape index (κ2) is 6.07. The van der Waals surface area contributed by atoms with Crippen molar-refractivity contribution in [1.82, 2.24) is 9.29 Å². The molecule has 2 heterocycles. The Labute approximate surface area is 122 Å². The number of esters is 1. The van der Waals surface area contributed by atoms with Gasteiger partial charge >= 0.3 is 5.97 Å². The third-order valence-electron chi connectivity index (χ3n) is 3.32. The Bertz CT molecular complexity index is 597. The van der Waals surface area contributed by atoms with Crippen LogP contribution in [0.25, 0.3) is 0 Å². The Morgan fingerprint density at radius 1 is 1.45 bits per heavy atom. The molecule has 20 heavy (non-hydrogen) atoms. The quantitative estimate of drug-likeness (QED) is 0.620. The number of halogens is 1. The van der Waals surface area contributed by atoms with Crippen LogP contribution in [0.3, 0.4) is 0 Å². The molecule has 0 bridgehead atoms. The van der Waals surface area contributed by atoms with Gasteiger partial charge in [0.15, 0.2) is 0 Å². The standard InChI is InChI=1S/C12H15ClN2O4S/c1-19-12(16)9-3-6-15(7-4-9)20(17,18)10-2-5-14-11(13)8-10/h2,5,8-9H,3-4,6-7H2,1H3. The van der Waals surface area contributed by atoms with Crippen LogP contribution >= 0.6 is 11.6 Å². The molecule has 8 heteroatoms. The lowest BCUT2D eigenvalue weighted by molar-refractivity contribution is -0.146. The molecular weight excluding hydrogens is 304 g/mol. The Balaban J connectivity index is 2.11. The van der Waals surface area contributed by atoms with Crippen LogP contribution in [0.1, 0.15) is 12.8 Å². The molecule has 2 rings (SSSR count). The predicted molar refractivity (Wildman–Crippen MR) is 72.7 cm³/mol. The average Bonchev–Trinajstić information content (AvgIpc) is 2.46. The van der Waals surface area contributed by atoms with Crippen molar-refractivity contribution in [3.8, 4) is 0 Å². The number of pyridine rings is 1. The summed E-state index contributed by atoms with van der Waals surface area (Å²) in [7, 11) is -2.25. The molecule has 0 radical (unpaired) electrons. The number of ether oxygens (including phenoxy) is 1. The van der Waals surface area contributed by atoms with Crippen molar-refractivity contribution in [1.29, 1.82) is 0 Å². The van der Waals surface area contributed by atoms with E-state index in [1.165, 1.54) is 29.7 Å². The van der Waals surface area contributed by atoms with Crippen LogP contribution in [0.4, 0.5) is 0 Å². The Morgan fingerprint density at radius 2 is 2.10 bits per heavy atom. The first-order valence-corrected chi connectivity index (χ1v) is 7.96. The summed E-state index contributed by atoms with van der Waals surface area (Å²) in [5, 5.41) is 0.135. The highest BCUT2D eigenvalue weighted by atomic mass is 35.5. The fourth-order valence-electron chi connectivity index (χ4n) is 2.19. The molecule has 1 aliphatic heterocycles. The van der Waals surface area contributed by atoms with Crippen molar-refractivity contribution in [2.75, 3.05) is 20.2 Å². The number of piperidine rings is 1. The fourth-order valence-corrected chi connectivity index (χ4v) is 3.91. The number of nitrogens with zero attached hydrogens (tertiary/aromatic N) is 2. The summed E-state index contributed by atoms with van der Waals surface area (Å²) in [5.41, 5.74) is 0. The van der Waals surface area contributed by atoms with Gasteiger partial charge in [-0.2, -0.15) is 4.31 Å². The van der Waals surface area contributed by atoms with Crippen molar-refractivity contribution < 1.29 is 17.9 Å². The fraction of sp³-hybridized carbons (Fsp3) is 0.500.